The number of rotatable bonds is 42. The Morgan fingerprint density at radius 3 is 1.41 bits per heavy atom. The smallest absolute Gasteiger partial charge is 0.465 e. The summed E-state index contributed by atoms with van der Waals surface area (Å²) in [6.07, 6.45) is 8.39. The Morgan fingerprint density at radius 1 is 0.529 bits per heavy atom. The number of imide groups is 1. The molecule has 68 heavy (non-hydrogen) atoms. The Morgan fingerprint density at radius 2 is 0.971 bits per heavy atom. The van der Waals surface area contributed by atoms with Gasteiger partial charge < -0.3 is 61.5 Å². The predicted molar refractivity (Wildman–Crippen MR) is 268 cm³/mol. The van der Waals surface area contributed by atoms with Crippen molar-refractivity contribution in [2.75, 3.05) is 107 Å². The van der Waals surface area contributed by atoms with Gasteiger partial charge in [-0.25, -0.2) is 14.4 Å². The molecular formula is C44H86N4O16S2Si2. The standard InChI is InChI=1S/C44H86N4O16S2Si2/c1-11-38(35-36(3)40(50)61-27-21-33-67(55-5,56-6)57-7)65-31-29-63-43(53)46-24-18-14-13-17-23-45-42(52)48(37(4)49)26-20-16-15-19-25-47-44(54)64-30-32-66-39(12-2)41(51)62-28-22-34-68(58-8,59-9)60-10/h36,38-39H,11-35H2,1-10H3,(H,45,52)(H,46,53)(H,47,54). The molecule has 0 aliphatic heterocycles. The molecule has 0 aliphatic rings. The second-order valence-electron chi connectivity index (χ2n) is 15.8. The zero-order valence-electron chi connectivity index (χ0n) is 42.7. The molecule has 0 saturated heterocycles. The maximum Gasteiger partial charge on any atom is 0.500 e. The zero-order valence-corrected chi connectivity index (χ0v) is 46.3. The van der Waals surface area contributed by atoms with Gasteiger partial charge in [-0.1, -0.05) is 46.5 Å². The Balaban J connectivity index is 4.03. The quantitative estimate of drug-likeness (QED) is 0.0247. The lowest BCUT2D eigenvalue weighted by molar-refractivity contribution is -0.148. The average molecular weight is 1050 g/mol. The number of unbranched alkanes of at least 4 members (excludes halogenated alkanes) is 6. The minimum absolute atomic E-state index is 0.154. The van der Waals surface area contributed by atoms with Gasteiger partial charge >= 0.3 is 47.8 Å². The molecule has 0 aliphatic carbocycles. The number of nitrogens with zero attached hydrogens (tertiary/aromatic N) is 1. The van der Waals surface area contributed by atoms with E-state index in [1.165, 1.54) is 44.9 Å². The molecule has 24 heteroatoms. The normalized spacial score (nSPS) is 12.9. The molecule has 5 amide bonds. The van der Waals surface area contributed by atoms with Gasteiger partial charge in [-0.15, -0.1) is 11.8 Å². The fourth-order valence-corrected chi connectivity index (χ4v) is 12.1. The summed E-state index contributed by atoms with van der Waals surface area (Å²) in [6, 6.07) is 0.668. The molecule has 0 aromatic carbocycles. The fourth-order valence-electron chi connectivity index (χ4n) is 6.67. The van der Waals surface area contributed by atoms with Crippen molar-refractivity contribution >= 4 is 77.2 Å². The summed E-state index contributed by atoms with van der Waals surface area (Å²) in [5.41, 5.74) is 0. The Bertz CT molecular complexity index is 1370. The van der Waals surface area contributed by atoms with Gasteiger partial charge in [0, 0.05) is 105 Å². The number of nitrogens with one attached hydrogen (secondary N) is 3. The van der Waals surface area contributed by atoms with Crippen LogP contribution in [0.4, 0.5) is 14.4 Å². The highest BCUT2D eigenvalue weighted by Crippen LogP contribution is 2.24. The van der Waals surface area contributed by atoms with Crippen molar-refractivity contribution in [3.63, 3.8) is 0 Å². The summed E-state index contributed by atoms with van der Waals surface area (Å²) in [7, 11) is 3.88. The zero-order chi connectivity index (χ0) is 51.1. The van der Waals surface area contributed by atoms with Crippen molar-refractivity contribution < 1.29 is 74.3 Å². The van der Waals surface area contributed by atoms with Crippen molar-refractivity contribution in [3.05, 3.63) is 0 Å². The number of urea groups is 1. The highest BCUT2D eigenvalue weighted by molar-refractivity contribution is 8.00. The number of carbonyl (C=O) groups is 6. The number of amides is 5. The second kappa shape index (κ2) is 41.0. The minimum atomic E-state index is -2.71. The van der Waals surface area contributed by atoms with Crippen LogP contribution >= 0.6 is 23.5 Å². The van der Waals surface area contributed by atoms with Gasteiger partial charge in [-0.2, -0.15) is 11.8 Å². The summed E-state index contributed by atoms with van der Waals surface area (Å²) in [6.45, 7) is 9.77. The molecule has 0 radical (unpaired) electrons. The van der Waals surface area contributed by atoms with Crippen molar-refractivity contribution in [2.24, 2.45) is 5.92 Å². The van der Waals surface area contributed by atoms with E-state index in [0.29, 0.717) is 88.3 Å². The van der Waals surface area contributed by atoms with E-state index in [0.717, 1.165) is 44.9 Å². The number of hydrogen-bond acceptors (Lipinski definition) is 18. The maximum atomic E-state index is 12.7. The number of esters is 2. The highest BCUT2D eigenvalue weighted by atomic mass is 32.2. The van der Waals surface area contributed by atoms with Gasteiger partial charge in [-0.05, 0) is 57.8 Å². The largest absolute Gasteiger partial charge is 0.500 e. The third-order valence-corrected chi connectivity index (χ3v) is 19.3. The molecule has 3 atom stereocenters. The molecule has 0 spiro atoms. The van der Waals surface area contributed by atoms with Gasteiger partial charge in [0.1, 0.15) is 18.5 Å². The topological polar surface area (TPSA) is 234 Å². The van der Waals surface area contributed by atoms with Crippen LogP contribution in [0.2, 0.25) is 12.1 Å². The van der Waals surface area contributed by atoms with Crippen LogP contribution in [0.3, 0.4) is 0 Å². The molecule has 3 unspecified atom stereocenters. The molecule has 3 N–H and O–H groups in total. The molecule has 20 nitrogen and oxygen atoms in total. The minimum Gasteiger partial charge on any atom is -0.465 e. The molecule has 0 aromatic rings. The summed E-state index contributed by atoms with van der Waals surface area (Å²) < 4.78 is 53.8. The van der Waals surface area contributed by atoms with Crippen LogP contribution in [-0.4, -0.2) is 176 Å². The summed E-state index contributed by atoms with van der Waals surface area (Å²) in [5.74, 6) is -0.0615. The van der Waals surface area contributed by atoms with Crippen LogP contribution in [0.15, 0.2) is 0 Å². The van der Waals surface area contributed by atoms with E-state index in [1.807, 2.05) is 13.8 Å². The van der Waals surface area contributed by atoms with Crippen LogP contribution in [0.1, 0.15) is 111 Å². The molecule has 0 fully saturated rings. The third-order valence-electron chi connectivity index (χ3n) is 10.9. The van der Waals surface area contributed by atoms with E-state index < -0.39 is 35.8 Å². The first kappa shape index (κ1) is 65.3. The fraction of sp³-hybridized carbons (Fsp3) is 0.864. The van der Waals surface area contributed by atoms with E-state index in [-0.39, 0.29) is 60.7 Å². The Kier molecular flexibility index (Phi) is 39.4. The van der Waals surface area contributed by atoms with Crippen LogP contribution in [0, 0.1) is 5.92 Å². The average Bonchev–Trinajstić information content (AvgIpc) is 3.34. The lowest BCUT2D eigenvalue weighted by Crippen LogP contribution is -2.43. The number of alkyl carbamates (subject to hydrolysis) is 2. The molecule has 0 saturated carbocycles. The number of hydrogen-bond donors (Lipinski definition) is 3. The third kappa shape index (κ3) is 30.1. The van der Waals surface area contributed by atoms with Crippen LogP contribution in [0.25, 0.3) is 0 Å². The van der Waals surface area contributed by atoms with Crippen molar-refractivity contribution in [3.8, 4) is 0 Å². The number of carbonyl (C=O) groups excluding carboxylic acids is 6. The van der Waals surface area contributed by atoms with E-state index in [1.54, 1.807) is 33.1 Å². The monoisotopic (exact) mass is 1050 g/mol. The molecule has 398 valence electrons. The lowest BCUT2D eigenvalue weighted by atomic mass is 10.0. The lowest BCUT2D eigenvalue weighted by Gasteiger charge is -2.24. The molecule has 0 bridgehead atoms. The van der Waals surface area contributed by atoms with Crippen LogP contribution < -0.4 is 16.0 Å². The highest BCUT2D eigenvalue weighted by Gasteiger charge is 2.38. The summed E-state index contributed by atoms with van der Waals surface area (Å²) in [4.78, 5) is 75.4. The number of thioether (sulfide) groups is 2. The summed E-state index contributed by atoms with van der Waals surface area (Å²) in [5, 5.41) is 8.19. The first-order chi connectivity index (χ1) is 32.7. The van der Waals surface area contributed by atoms with Crippen molar-refractivity contribution in [2.45, 2.75) is 134 Å². The van der Waals surface area contributed by atoms with E-state index in [2.05, 4.69) is 22.9 Å². The van der Waals surface area contributed by atoms with E-state index in [4.69, 9.17) is 45.5 Å². The molecule has 0 heterocycles. The first-order valence-corrected chi connectivity index (χ1v) is 29.9. The van der Waals surface area contributed by atoms with Gasteiger partial charge in [0.2, 0.25) is 5.91 Å². The predicted octanol–water partition coefficient (Wildman–Crippen LogP) is 6.79. The van der Waals surface area contributed by atoms with Gasteiger partial charge in [0.05, 0.1) is 19.1 Å². The van der Waals surface area contributed by atoms with E-state index >= 15 is 0 Å². The van der Waals surface area contributed by atoms with Gasteiger partial charge in [-0.3, -0.25) is 19.3 Å². The van der Waals surface area contributed by atoms with Crippen LogP contribution in [0.5, 0.6) is 0 Å². The van der Waals surface area contributed by atoms with Crippen LogP contribution in [-0.2, 0) is 59.9 Å². The Labute approximate surface area is 417 Å². The molecule has 0 rings (SSSR count). The van der Waals surface area contributed by atoms with Crippen molar-refractivity contribution in [1.82, 2.24) is 20.9 Å². The summed E-state index contributed by atoms with van der Waals surface area (Å²) >= 11 is 3.05. The SMILES string of the molecule is CCC(CC(C)C(=O)OCCC[Si](OC)(OC)OC)SCCOC(=O)NCCCCCCNC(=O)N(CCCCCCNC(=O)OCCSC(CC)C(=O)OCCC[Si](OC)(OC)OC)C(C)=O. The van der Waals surface area contributed by atoms with Crippen molar-refractivity contribution in [1.29, 1.82) is 0 Å². The molecular weight excluding hydrogens is 961 g/mol. The second-order valence-corrected chi connectivity index (χ2v) is 24.7. The Hall–Kier alpha value is -2.69. The number of ether oxygens (including phenoxy) is 4. The molecule has 0 aromatic heterocycles. The van der Waals surface area contributed by atoms with Gasteiger partial charge in [0.25, 0.3) is 0 Å². The first-order valence-electron chi connectivity index (χ1n) is 23.9. The van der Waals surface area contributed by atoms with Gasteiger partial charge in [0.15, 0.2) is 0 Å². The van der Waals surface area contributed by atoms with E-state index in [9.17, 15) is 28.8 Å². The maximum absolute atomic E-state index is 12.7.